The summed E-state index contributed by atoms with van der Waals surface area (Å²) in [7, 11) is 0. The first-order valence-electron chi connectivity index (χ1n) is 6.22. The number of aromatic nitrogens is 1. The summed E-state index contributed by atoms with van der Waals surface area (Å²) in [6.07, 6.45) is 1.73. The smallest absolute Gasteiger partial charge is 0.252 e. The van der Waals surface area contributed by atoms with Gasteiger partial charge in [-0.05, 0) is 45.6 Å². The van der Waals surface area contributed by atoms with Gasteiger partial charge in [0.25, 0.3) is 5.91 Å². The number of amides is 1. The normalized spacial score (nSPS) is 11.9. The summed E-state index contributed by atoms with van der Waals surface area (Å²) in [5.74, 6) is 0.0810. The van der Waals surface area contributed by atoms with Crippen LogP contribution < -0.4 is 5.32 Å². The lowest BCUT2D eigenvalue weighted by atomic mass is 10.0. The number of hydrogen-bond donors (Lipinski definition) is 1. The average Bonchev–Trinajstić information content (AvgIpc) is 2.45. The maximum Gasteiger partial charge on any atom is 0.252 e. The molecule has 0 radical (unpaired) electrons. The van der Waals surface area contributed by atoms with Crippen molar-refractivity contribution in [2.75, 3.05) is 6.54 Å². The summed E-state index contributed by atoms with van der Waals surface area (Å²) in [5, 5.41) is 3.39. The fourth-order valence-electron chi connectivity index (χ4n) is 1.78. The van der Waals surface area contributed by atoms with E-state index in [1.54, 1.807) is 18.3 Å². The van der Waals surface area contributed by atoms with Crippen LogP contribution in [0.4, 0.5) is 0 Å². The van der Waals surface area contributed by atoms with Gasteiger partial charge in [-0.1, -0.05) is 36.7 Å². The Morgan fingerprint density at radius 1 is 1.35 bits per heavy atom. The fraction of sp³-hybridized carbons (Fsp3) is 0.200. The molecule has 0 saturated carbocycles. The van der Waals surface area contributed by atoms with Crippen molar-refractivity contribution < 1.29 is 4.79 Å². The third-order valence-corrected chi connectivity index (χ3v) is 3.92. The van der Waals surface area contributed by atoms with Crippen molar-refractivity contribution in [1.82, 2.24) is 10.3 Å². The molecule has 2 aromatic rings. The lowest BCUT2D eigenvalue weighted by Gasteiger charge is -2.13. The zero-order chi connectivity index (χ0) is 14.5. The molecule has 1 aromatic carbocycles. The van der Waals surface area contributed by atoms with Gasteiger partial charge >= 0.3 is 0 Å². The first-order valence-corrected chi connectivity index (χ1v) is 7.39. The maximum atomic E-state index is 12.1. The molecule has 20 heavy (non-hydrogen) atoms. The van der Waals surface area contributed by atoms with E-state index in [0.29, 0.717) is 17.3 Å². The highest BCUT2D eigenvalue weighted by molar-refractivity contribution is 9.10. The molecule has 0 aliphatic carbocycles. The fourth-order valence-corrected chi connectivity index (χ4v) is 2.36. The zero-order valence-electron chi connectivity index (χ0n) is 10.9. The van der Waals surface area contributed by atoms with Crippen LogP contribution in [0.3, 0.4) is 0 Å². The second kappa shape index (κ2) is 6.86. The number of halogens is 2. The van der Waals surface area contributed by atoms with Crippen molar-refractivity contribution in [2.24, 2.45) is 0 Å². The Kier molecular flexibility index (Phi) is 5.15. The number of hydrogen-bond acceptors (Lipinski definition) is 2. The highest BCUT2D eigenvalue weighted by Crippen LogP contribution is 2.17. The Morgan fingerprint density at radius 2 is 2.10 bits per heavy atom. The highest BCUT2D eigenvalue weighted by atomic mass is 79.9. The molecule has 104 valence electrons. The molecule has 1 unspecified atom stereocenters. The molecule has 0 spiro atoms. The number of nitrogens with one attached hydrogen (secondary N) is 1. The standard InChI is InChI=1S/C15H14BrClN2O/c1-10(11-6-7-14(17)18-9-11)8-19-15(20)12-4-2-3-5-13(12)16/h2-7,9-10H,8H2,1H3,(H,19,20). The number of carbonyl (C=O) groups excluding carboxylic acids is 1. The van der Waals surface area contributed by atoms with Gasteiger partial charge in [0.05, 0.1) is 5.56 Å². The number of rotatable bonds is 4. The van der Waals surface area contributed by atoms with Crippen molar-refractivity contribution >= 4 is 33.4 Å². The molecular formula is C15H14BrClN2O. The second-order valence-electron chi connectivity index (χ2n) is 4.51. The van der Waals surface area contributed by atoms with Crippen LogP contribution in [0.15, 0.2) is 47.1 Å². The quantitative estimate of drug-likeness (QED) is 0.843. The molecule has 0 bridgehead atoms. The topological polar surface area (TPSA) is 42.0 Å². The summed E-state index contributed by atoms with van der Waals surface area (Å²) in [6.45, 7) is 2.58. The van der Waals surface area contributed by atoms with E-state index in [1.165, 1.54) is 0 Å². The zero-order valence-corrected chi connectivity index (χ0v) is 13.3. The summed E-state index contributed by atoms with van der Waals surface area (Å²) in [5.41, 5.74) is 1.68. The summed E-state index contributed by atoms with van der Waals surface area (Å²) < 4.78 is 0.790. The van der Waals surface area contributed by atoms with Crippen molar-refractivity contribution in [2.45, 2.75) is 12.8 Å². The van der Waals surface area contributed by atoms with Gasteiger partial charge in [-0.2, -0.15) is 0 Å². The van der Waals surface area contributed by atoms with Crippen LogP contribution in [0.5, 0.6) is 0 Å². The minimum atomic E-state index is -0.0914. The van der Waals surface area contributed by atoms with E-state index in [1.807, 2.05) is 31.2 Å². The Hall–Kier alpha value is -1.39. The lowest BCUT2D eigenvalue weighted by Crippen LogP contribution is -2.27. The predicted octanol–water partition coefficient (Wildman–Crippen LogP) is 4.03. The molecule has 1 aromatic heterocycles. The lowest BCUT2D eigenvalue weighted by molar-refractivity contribution is 0.0951. The number of pyridine rings is 1. The van der Waals surface area contributed by atoms with Crippen molar-refractivity contribution in [3.05, 3.63) is 63.3 Å². The molecule has 1 amide bonds. The molecule has 0 saturated heterocycles. The first kappa shape index (κ1) is 15.0. The van der Waals surface area contributed by atoms with Crippen molar-refractivity contribution in [3.63, 3.8) is 0 Å². The molecule has 1 N–H and O–H groups in total. The molecule has 0 aliphatic rings. The molecule has 5 heteroatoms. The highest BCUT2D eigenvalue weighted by Gasteiger charge is 2.11. The van der Waals surface area contributed by atoms with Crippen LogP contribution in [0.1, 0.15) is 28.8 Å². The second-order valence-corrected chi connectivity index (χ2v) is 5.75. The molecular weight excluding hydrogens is 340 g/mol. The summed E-state index contributed by atoms with van der Waals surface area (Å²) in [4.78, 5) is 16.1. The predicted molar refractivity (Wildman–Crippen MR) is 84.1 cm³/mol. The largest absolute Gasteiger partial charge is 0.351 e. The molecule has 1 heterocycles. The number of nitrogens with zero attached hydrogens (tertiary/aromatic N) is 1. The van der Waals surface area contributed by atoms with Gasteiger partial charge in [-0.15, -0.1) is 0 Å². The Morgan fingerprint density at radius 3 is 2.75 bits per heavy atom. The number of carbonyl (C=O) groups is 1. The van der Waals surface area contributed by atoms with Crippen molar-refractivity contribution in [1.29, 1.82) is 0 Å². The average molecular weight is 354 g/mol. The molecule has 2 rings (SSSR count). The van der Waals surface area contributed by atoms with Gasteiger partial charge in [0.15, 0.2) is 0 Å². The Labute approximate surface area is 131 Å². The summed E-state index contributed by atoms with van der Waals surface area (Å²) >= 11 is 9.13. The van der Waals surface area contributed by atoms with E-state index in [0.717, 1.165) is 10.0 Å². The SMILES string of the molecule is CC(CNC(=O)c1ccccc1Br)c1ccc(Cl)nc1. The van der Waals surface area contributed by atoms with Crippen LogP contribution in [0, 0.1) is 0 Å². The summed E-state index contributed by atoms with van der Waals surface area (Å²) in [6, 6.07) is 11.0. The van der Waals surface area contributed by atoms with Crippen LogP contribution in [-0.4, -0.2) is 17.4 Å². The van der Waals surface area contributed by atoms with Crippen LogP contribution in [-0.2, 0) is 0 Å². The van der Waals surface area contributed by atoms with Gasteiger partial charge in [0.1, 0.15) is 5.15 Å². The van der Waals surface area contributed by atoms with Gasteiger partial charge in [-0.25, -0.2) is 4.98 Å². The first-order chi connectivity index (χ1) is 9.58. The van der Waals surface area contributed by atoms with Gasteiger partial charge in [-0.3, -0.25) is 4.79 Å². The molecule has 1 atom stereocenters. The third-order valence-electron chi connectivity index (χ3n) is 3.01. The Balaban J connectivity index is 1.97. The Bertz CT molecular complexity index is 601. The molecule has 0 aliphatic heterocycles. The third kappa shape index (κ3) is 3.81. The molecule has 3 nitrogen and oxygen atoms in total. The van der Waals surface area contributed by atoms with E-state index in [2.05, 4.69) is 26.2 Å². The van der Waals surface area contributed by atoms with E-state index in [9.17, 15) is 4.79 Å². The monoisotopic (exact) mass is 352 g/mol. The van der Waals surface area contributed by atoms with Crippen LogP contribution in [0.25, 0.3) is 0 Å². The van der Waals surface area contributed by atoms with Gasteiger partial charge < -0.3 is 5.32 Å². The van der Waals surface area contributed by atoms with E-state index < -0.39 is 0 Å². The maximum absolute atomic E-state index is 12.1. The van der Waals surface area contributed by atoms with Gasteiger partial charge in [0, 0.05) is 17.2 Å². The minimum Gasteiger partial charge on any atom is -0.351 e. The molecule has 0 fully saturated rings. The van der Waals surface area contributed by atoms with Gasteiger partial charge in [0.2, 0.25) is 0 Å². The van der Waals surface area contributed by atoms with E-state index in [4.69, 9.17) is 11.6 Å². The number of benzene rings is 1. The van der Waals surface area contributed by atoms with E-state index in [-0.39, 0.29) is 11.8 Å². The van der Waals surface area contributed by atoms with E-state index >= 15 is 0 Å². The van der Waals surface area contributed by atoms with Crippen LogP contribution in [0.2, 0.25) is 5.15 Å². The van der Waals surface area contributed by atoms with Crippen LogP contribution >= 0.6 is 27.5 Å². The minimum absolute atomic E-state index is 0.0914. The van der Waals surface area contributed by atoms with Crippen molar-refractivity contribution in [3.8, 4) is 0 Å².